The van der Waals surface area contributed by atoms with Crippen molar-refractivity contribution in [2.45, 2.75) is 6.54 Å². The van der Waals surface area contributed by atoms with Gasteiger partial charge in [0.05, 0.1) is 17.7 Å². The quantitative estimate of drug-likeness (QED) is 0.719. The van der Waals surface area contributed by atoms with E-state index in [-0.39, 0.29) is 24.5 Å². The maximum Gasteiger partial charge on any atom is 0.293 e. The van der Waals surface area contributed by atoms with E-state index in [0.29, 0.717) is 32.8 Å². The van der Waals surface area contributed by atoms with E-state index in [9.17, 15) is 9.59 Å². The van der Waals surface area contributed by atoms with Crippen molar-refractivity contribution in [1.29, 1.82) is 0 Å². The van der Waals surface area contributed by atoms with Crippen molar-refractivity contribution in [2.24, 2.45) is 0 Å². The molecule has 3 heterocycles. The van der Waals surface area contributed by atoms with Crippen LogP contribution in [-0.4, -0.2) is 22.8 Å². The standard InChI is InChI=1S/C18H12ClNO5S/c19-13-8-15-14(24-10-25-15)7-11(13)9-20-17(21)16(26-18(20)22)5-1-3-12-4-2-6-23-12/h1-8H,9-10H2/b3-1+,16-5-. The van der Waals surface area contributed by atoms with Gasteiger partial charge in [-0.05, 0) is 47.7 Å². The molecule has 0 atom stereocenters. The zero-order valence-electron chi connectivity index (χ0n) is 13.3. The molecule has 0 N–H and O–H groups in total. The Morgan fingerprint density at radius 1 is 1.23 bits per heavy atom. The van der Waals surface area contributed by atoms with Gasteiger partial charge in [-0.3, -0.25) is 14.5 Å². The number of carbonyl (C=O) groups excluding carboxylic acids is 2. The summed E-state index contributed by atoms with van der Waals surface area (Å²) >= 11 is 7.12. The molecular weight excluding hydrogens is 378 g/mol. The number of halogens is 1. The summed E-state index contributed by atoms with van der Waals surface area (Å²) in [6, 6.07) is 6.87. The lowest BCUT2D eigenvalue weighted by Gasteiger charge is -2.14. The third-order valence-corrected chi connectivity index (χ3v) is 5.07. The molecule has 8 heteroatoms. The molecule has 2 aliphatic rings. The molecule has 132 valence electrons. The van der Waals surface area contributed by atoms with Crippen LogP contribution in [0.3, 0.4) is 0 Å². The Labute approximate surface area is 158 Å². The van der Waals surface area contributed by atoms with Crippen LogP contribution in [0.15, 0.2) is 52.0 Å². The van der Waals surface area contributed by atoms with Crippen molar-refractivity contribution in [3.05, 3.63) is 63.9 Å². The molecule has 0 radical (unpaired) electrons. The van der Waals surface area contributed by atoms with Crippen molar-refractivity contribution in [3.8, 4) is 11.5 Å². The topological polar surface area (TPSA) is 69.0 Å². The van der Waals surface area contributed by atoms with Gasteiger partial charge in [-0.15, -0.1) is 0 Å². The lowest BCUT2D eigenvalue weighted by molar-refractivity contribution is -0.123. The minimum absolute atomic E-state index is 0.0688. The molecule has 0 spiro atoms. The van der Waals surface area contributed by atoms with Crippen molar-refractivity contribution in [2.75, 3.05) is 6.79 Å². The predicted octanol–water partition coefficient (Wildman–Crippen LogP) is 4.45. The summed E-state index contributed by atoms with van der Waals surface area (Å²) in [5.41, 5.74) is 0.616. The van der Waals surface area contributed by atoms with Crippen molar-refractivity contribution >= 4 is 40.6 Å². The van der Waals surface area contributed by atoms with E-state index in [2.05, 4.69) is 0 Å². The van der Waals surface area contributed by atoms with Gasteiger partial charge >= 0.3 is 0 Å². The van der Waals surface area contributed by atoms with Crippen molar-refractivity contribution < 1.29 is 23.5 Å². The van der Waals surface area contributed by atoms with Crippen LogP contribution in [0.5, 0.6) is 11.5 Å². The normalized spacial score (nSPS) is 17.9. The highest BCUT2D eigenvalue weighted by atomic mass is 35.5. The first-order valence-corrected chi connectivity index (χ1v) is 8.85. The number of benzene rings is 1. The highest BCUT2D eigenvalue weighted by Gasteiger charge is 2.35. The Bertz CT molecular complexity index is 935. The van der Waals surface area contributed by atoms with Crippen LogP contribution in [0.4, 0.5) is 4.79 Å². The van der Waals surface area contributed by atoms with Gasteiger partial charge in [0.15, 0.2) is 11.5 Å². The Kier molecular flexibility index (Phi) is 4.48. The average Bonchev–Trinajstić information content (AvgIpc) is 3.33. The first-order chi connectivity index (χ1) is 12.6. The largest absolute Gasteiger partial charge is 0.465 e. The average molecular weight is 390 g/mol. The van der Waals surface area contributed by atoms with Gasteiger partial charge in [0.25, 0.3) is 11.1 Å². The van der Waals surface area contributed by atoms with E-state index in [1.54, 1.807) is 48.8 Å². The molecule has 4 rings (SSSR count). The Hall–Kier alpha value is -2.64. The minimum atomic E-state index is -0.363. The number of ether oxygens (including phenoxy) is 2. The molecule has 2 aliphatic heterocycles. The molecule has 0 saturated carbocycles. The summed E-state index contributed by atoms with van der Waals surface area (Å²) in [5, 5.41) is 0.0661. The van der Waals surface area contributed by atoms with E-state index in [0.717, 1.165) is 16.7 Å². The molecular formula is C18H12ClNO5S. The van der Waals surface area contributed by atoms with E-state index in [1.807, 2.05) is 0 Å². The van der Waals surface area contributed by atoms with Gasteiger partial charge in [0.1, 0.15) is 5.76 Å². The van der Waals surface area contributed by atoms with Gasteiger partial charge in [0, 0.05) is 11.1 Å². The summed E-state index contributed by atoms with van der Waals surface area (Å²) in [6.07, 6.45) is 6.53. The number of amides is 2. The lowest BCUT2D eigenvalue weighted by atomic mass is 10.2. The number of fused-ring (bicyclic) bond motifs is 1. The van der Waals surface area contributed by atoms with E-state index < -0.39 is 0 Å². The van der Waals surface area contributed by atoms with Crippen LogP contribution in [0.1, 0.15) is 11.3 Å². The number of hydrogen-bond donors (Lipinski definition) is 0. The summed E-state index contributed by atoms with van der Waals surface area (Å²) in [5.74, 6) is 1.40. The molecule has 2 amide bonds. The minimum Gasteiger partial charge on any atom is -0.465 e. The Balaban J connectivity index is 1.51. The first-order valence-electron chi connectivity index (χ1n) is 7.65. The van der Waals surface area contributed by atoms with Gasteiger partial charge in [-0.2, -0.15) is 0 Å². The molecule has 1 fully saturated rings. The van der Waals surface area contributed by atoms with Crippen LogP contribution in [0.2, 0.25) is 5.02 Å². The number of thioether (sulfide) groups is 1. The Morgan fingerprint density at radius 3 is 2.81 bits per heavy atom. The summed E-state index contributed by atoms with van der Waals surface area (Å²) < 4.78 is 15.7. The lowest BCUT2D eigenvalue weighted by Crippen LogP contribution is -2.27. The second kappa shape index (κ2) is 6.93. The van der Waals surface area contributed by atoms with Crippen LogP contribution < -0.4 is 9.47 Å². The van der Waals surface area contributed by atoms with Crippen LogP contribution in [0.25, 0.3) is 6.08 Å². The summed E-state index contributed by atoms with van der Waals surface area (Å²) in [6.45, 7) is 0.195. The summed E-state index contributed by atoms with van der Waals surface area (Å²) in [4.78, 5) is 26.2. The maximum atomic E-state index is 12.5. The third kappa shape index (κ3) is 3.23. The number of carbonyl (C=O) groups is 2. The monoisotopic (exact) mass is 389 g/mol. The molecule has 0 unspecified atom stereocenters. The van der Waals surface area contributed by atoms with Gasteiger partial charge < -0.3 is 13.9 Å². The highest BCUT2D eigenvalue weighted by molar-refractivity contribution is 8.18. The van der Waals surface area contributed by atoms with Crippen LogP contribution >= 0.6 is 23.4 Å². The smallest absolute Gasteiger partial charge is 0.293 e. The van der Waals surface area contributed by atoms with Crippen LogP contribution in [-0.2, 0) is 11.3 Å². The fraction of sp³-hybridized carbons (Fsp3) is 0.111. The fourth-order valence-corrected chi connectivity index (χ4v) is 3.52. The highest BCUT2D eigenvalue weighted by Crippen LogP contribution is 2.39. The second-order valence-corrected chi connectivity index (χ2v) is 6.86. The number of hydrogen-bond acceptors (Lipinski definition) is 6. The second-order valence-electron chi connectivity index (χ2n) is 5.46. The van der Waals surface area contributed by atoms with E-state index >= 15 is 0 Å². The molecule has 2 aromatic rings. The maximum absolute atomic E-state index is 12.5. The van der Waals surface area contributed by atoms with Crippen molar-refractivity contribution in [1.82, 2.24) is 4.90 Å². The van der Waals surface area contributed by atoms with E-state index in [4.69, 9.17) is 25.5 Å². The number of nitrogens with zero attached hydrogens (tertiary/aromatic N) is 1. The SMILES string of the molecule is O=C1S/C(=C\C=C\c2ccco2)C(=O)N1Cc1cc2c(cc1Cl)OCO2. The van der Waals surface area contributed by atoms with Gasteiger partial charge in [0.2, 0.25) is 6.79 Å². The molecule has 6 nitrogen and oxygen atoms in total. The number of allylic oxidation sites excluding steroid dienone is 2. The molecule has 26 heavy (non-hydrogen) atoms. The number of imide groups is 1. The molecule has 0 aliphatic carbocycles. The third-order valence-electron chi connectivity index (χ3n) is 3.79. The molecule has 1 saturated heterocycles. The number of rotatable bonds is 4. The zero-order chi connectivity index (χ0) is 18.1. The van der Waals surface area contributed by atoms with Crippen molar-refractivity contribution in [3.63, 3.8) is 0 Å². The first kappa shape index (κ1) is 16.8. The Morgan fingerprint density at radius 2 is 2.04 bits per heavy atom. The number of furan rings is 1. The van der Waals surface area contributed by atoms with Gasteiger partial charge in [-0.25, -0.2) is 0 Å². The zero-order valence-corrected chi connectivity index (χ0v) is 14.9. The van der Waals surface area contributed by atoms with Crippen LogP contribution in [0, 0.1) is 0 Å². The van der Waals surface area contributed by atoms with Gasteiger partial charge in [-0.1, -0.05) is 17.7 Å². The predicted molar refractivity (Wildman–Crippen MR) is 96.9 cm³/mol. The fourth-order valence-electron chi connectivity index (χ4n) is 2.52. The van der Waals surface area contributed by atoms with E-state index in [1.165, 1.54) is 0 Å². The summed E-state index contributed by atoms with van der Waals surface area (Å²) in [7, 11) is 0. The molecule has 0 bridgehead atoms. The molecule has 1 aromatic heterocycles. The molecule has 1 aromatic carbocycles.